The molecular weight excluding hydrogens is 442 g/mol. The molecule has 1 aliphatic heterocycles. The fourth-order valence-electron chi connectivity index (χ4n) is 3.40. The van der Waals surface area contributed by atoms with E-state index in [1.54, 1.807) is 19.2 Å². The largest absolute Gasteiger partial charge is 0.495 e. The predicted octanol–water partition coefficient (Wildman–Crippen LogP) is 2.33. The Morgan fingerprint density at radius 1 is 1.00 bits per heavy atom. The molecule has 0 aliphatic carbocycles. The molecule has 2 aromatic rings. The summed E-state index contributed by atoms with van der Waals surface area (Å²) in [4.78, 5) is 35.7. The molecule has 3 rings (SSSR count). The van der Waals surface area contributed by atoms with E-state index in [-0.39, 0.29) is 5.91 Å². The molecule has 1 aliphatic rings. The van der Waals surface area contributed by atoms with Crippen LogP contribution in [0.1, 0.15) is 23.4 Å². The van der Waals surface area contributed by atoms with Crippen LogP contribution in [0.25, 0.3) is 0 Å². The van der Waals surface area contributed by atoms with Gasteiger partial charge in [-0.05, 0) is 43.7 Å². The summed E-state index contributed by atoms with van der Waals surface area (Å²) in [6.45, 7) is 5.87. The lowest BCUT2D eigenvalue weighted by Gasteiger charge is -2.36. The molecule has 34 heavy (non-hydrogen) atoms. The molecule has 184 valence electrons. The van der Waals surface area contributed by atoms with Crippen LogP contribution in [0.15, 0.2) is 59.2 Å². The number of carbonyl (C=O) groups excluding carboxylic acids is 1. The van der Waals surface area contributed by atoms with Crippen molar-refractivity contribution < 1.29 is 33.8 Å². The van der Waals surface area contributed by atoms with E-state index in [1.807, 2.05) is 12.1 Å². The van der Waals surface area contributed by atoms with E-state index >= 15 is 0 Å². The number of carbonyl (C=O) groups is 3. The Hall–Kier alpha value is -3.79. The molecule has 0 radical (unpaired) electrons. The lowest BCUT2D eigenvalue weighted by atomic mass is 10.2. The average molecular weight is 474 g/mol. The highest BCUT2D eigenvalue weighted by molar-refractivity contribution is 5.91. The van der Waals surface area contributed by atoms with Crippen LogP contribution in [0.3, 0.4) is 0 Å². The van der Waals surface area contributed by atoms with Gasteiger partial charge in [0.15, 0.2) is 5.76 Å². The zero-order chi connectivity index (χ0) is 24.8. The second-order valence-corrected chi connectivity index (χ2v) is 7.45. The molecule has 0 bridgehead atoms. The average Bonchev–Trinajstić information content (AvgIpc) is 3.38. The first-order valence-electron chi connectivity index (χ1n) is 11.0. The summed E-state index contributed by atoms with van der Waals surface area (Å²) < 4.78 is 10.5. The molecular formula is C24H31N3O7. The van der Waals surface area contributed by atoms with Crippen molar-refractivity contribution in [3.05, 3.63) is 60.6 Å². The summed E-state index contributed by atoms with van der Waals surface area (Å²) in [6.07, 6.45) is 4.68. The van der Waals surface area contributed by atoms with E-state index in [9.17, 15) is 14.4 Å². The van der Waals surface area contributed by atoms with E-state index in [0.29, 0.717) is 24.5 Å². The number of para-hydroxylation sites is 2. The van der Waals surface area contributed by atoms with Crippen molar-refractivity contribution in [3.8, 4) is 5.75 Å². The van der Waals surface area contributed by atoms with Gasteiger partial charge in [-0.3, -0.25) is 9.69 Å². The number of piperazine rings is 1. The Labute approximate surface area is 198 Å². The zero-order valence-electron chi connectivity index (χ0n) is 19.2. The second kappa shape index (κ2) is 14.4. The maximum Gasteiger partial charge on any atom is 0.328 e. The first-order valence-corrected chi connectivity index (χ1v) is 11.0. The third-order valence-electron chi connectivity index (χ3n) is 5.10. The van der Waals surface area contributed by atoms with Crippen LogP contribution < -0.4 is 15.0 Å². The highest BCUT2D eigenvalue weighted by atomic mass is 16.5. The Balaban J connectivity index is 0.000000440. The van der Waals surface area contributed by atoms with E-state index in [4.69, 9.17) is 19.4 Å². The zero-order valence-corrected chi connectivity index (χ0v) is 19.2. The van der Waals surface area contributed by atoms with E-state index < -0.39 is 11.9 Å². The Morgan fingerprint density at radius 3 is 2.26 bits per heavy atom. The molecule has 10 heteroatoms. The van der Waals surface area contributed by atoms with Gasteiger partial charge >= 0.3 is 11.9 Å². The number of rotatable bonds is 10. The van der Waals surface area contributed by atoms with Crippen molar-refractivity contribution >= 4 is 23.5 Å². The number of unbranched alkanes of at least 4 members (excludes halogenated alkanes) is 1. The van der Waals surface area contributed by atoms with Gasteiger partial charge < -0.3 is 29.6 Å². The molecule has 0 saturated carbocycles. The maximum absolute atomic E-state index is 11.8. The van der Waals surface area contributed by atoms with Crippen LogP contribution >= 0.6 is 0 Å². The van der Waals surface area contributed by atoms with E-state index in [1.165, 1.54) is 12.0 Å². The number of amides is 1. The van der Waals surface area contributed by atoms with Gasteiger partial charge in [0.2, 0.25) is 0 Å². The van der Waals surface area contributed by atoms with E-state index in [0.717, 1.165) is 51.3 Å². The lowest BCUT2D eigenvalue weighted by molar-refractivity contribution is -0.134. The van der Waals surface area contributed by atoms with Crippen LogP contribution in [0.4, 0.5) is 5.69 Å². The number of carboxylic acids is 2. The Kier molecular flexibility index (Phi) is 11.2. The quantitative estimate of drug-likeness (QED) is 0.351. The number of ether oxygens (including phenoxy) is 1. The molecule has 0 atom stereocenters. The van der Waals surface area contributed by atoms with Crippen LogP contribution in [0, 0.1) is 0 Å². The van der Waals surface area contributed by atoms with Gasteiger partial charge in [0.25, 0.3) is 5.91 Å². The smallest absolute Gasteiger partial charge is 0.328 e. The Morgan fingerprint density at radius 2 is 1.68 bits per heavy atom. The number of nitrogens with one attached hydrogen (secondary N) is 1. The van der Waals surface area contributed by atoms with Crippen molar-refractivity contribution in [2.24, 2.45) is 0 Å². The minimum Gasteiger partial charge on any atom is -0.495 e. The first-order chi connectivity index (χ1) is 16.4. The molecule has 1 amide bonds. The van der Waals surface area contributed by atoms with Crippen molar-refractivity contribution in [3.63, 3.8) is 0 Å². The third-order valence-corrected chi connectivity index (χ3v) is 5.10. The summed E-state index contributed by atoms with van der Waals surface area (Å²) >= 11 is 0. The van der Waals surface area contributed by atoms with Gasteiger partial charge in [-0.1, -0.05) is 12.1 Å². The van der Waals surface area contributed by atoms with Crippen LogP contribution in [0.2, 0.25) is 0 Å². The lowest BCUT2D eigenvalue weighted by Crippen LogP contribution is -2.46. The number of benzene rings is 1. The summed E-state index contributed by atoms with van der Waals surface area (Å²) in [7, 11) is 1.72. The molecule has 1 fully saturated rings. The summed E-state index contributed by atoms with van der Waals surface area (Å²) in [5, 5.41) is 18.5. The number of hydrogen-bond acceptors (Lipinski definition) is 7. The molecule has 0 spiro atoms. The normalized spacial score (nSPS) is 13.7. The standard InChI is InChI=1S/C20H27N3O3.C4H4O4/c1-25-18-8-3-2-7-17(18)23-14-12-22(13-15-23)11-5-4-10-21-20(24)19-9-6-16-26-19;5-3(6)1-2-4(7)8/h2-3,6-9,16H,4-5,10-15H2,1H3,(H,21,24);1-2H,(H,5,6)(H,7,8)/b;2-1+. The van der Waals surface area contributed by atoms with Crippen molar-refractivity contribution in [1.82, 2.24) is 10.2 Å². The third kappa shape index (κ3) is 9.37. The molecule has 2 heterocycles. The molecule has 1 aromatic carbocycles. The van der Waals surface area contributed by atoms with Crippen LogP contribution in [-0.4, -0.2) is 79.3 Å². The maximum atomic E-state index is 11.8. The number of methoxy groups -OCH3 is 1. The molecule has 3 N–H and O–H groups in total. The fraction of sp³-hybridized carbons (Fsp3) is 0.375. The molecule has 1 saturated heterocycles. The number of carboxylic acid groups (broad SMARTS) is 2. The van der Waals surface area contributed by atoms with Crippen LogP contribution in [0.5, 0.6) is 5.75 Å². The van der Waals surface area contributed by atoms with Crippen molar-refractivity contribution in [1.29, 1.82) is 0 Å². The highest BCUT2D eigenvalue weighted by Gasteiger charge is 2.19. The second-order valence-electron chi connectivity index (χ2n) is 7.45. The van der Waals surface area contributed by atoms with Crippen molar-refractivity contribution in [2.75, 3.05) is 51.3 Å². The highest BCUT2D eigenvalue weighted by Crippen LogP contribution is 2.28. The first kappa shape index (κ1) is 26.5. The Bertz CT molecular complexity index is 920. The number of aliphatic carboxylic acids is 2. The van der Waals surface area contributed by atoms with Gasteiger partial charge in [-0.2, -0.15) is 0 Å². The summed E-state index contributed by atoms with van der Waals surface area (Å²) in [6, 6.07) is 11.6. The summed E-state index contributed by atoms with van der Waals surface area (Å²) in [5.74, 6) is -1.34. The number of anilines is 1. The molecule has 1 aromatic heterocycles. The SMILES string of the molecule is COc1ccccc1N1CCN(CCCCNC(=O)c2ccco2)CC1.O=C(O)/C=C/C(=O)O. The van der Waals surface area contributed by atoms with Gasteiger partial charge in [0.1, 0.15) is 5.75 Å². The van der Waals surface area contributed by atoms with Gasteiger partial charge in [0.05, 0.1) is 19.1 Å². The monoisotopic (exact) mass is 473 g/mol. The van der Waals surface area contributed by atoms with E-state index in [2.05, 4.69) is 27.2 Å². The fourth-order valence-corrected chi connectivity index (χ4v) is 3.40. The summed E-state index contributed by atoms with van der Waals surface area (Å²) in [5.41, 5.74) is 1.18. The predicted molar refractivity (Wildman–Crippen MR) is 126 cm³/mol. The van der Waals surface area contributed by atoms with Crippen molar-refractivity contribution in [2.45, 2.75) is 12.8 Å². The van der Waals surface area contributed by atoms with Gasteiger partial charge in [0, 0.05) is 44.9 Å². The minimum atomic E-state index is -1.26. The number of hydrogen-bond donors (Lipinski definition) is 3. The van der Waals surface area contributed by atoms with Gasteiger partial charge in [-0.15, -0.1) is 0 Å². The number of nitrogens with zero attached hydrogens (tertiary/aromatic N) is 2. The minimum absolute atomic E-state index is 0.138. The molecule has 10 nitrogen and oxygen atoms in total. The number of furan rings is 1. The molecule has 0 unspecified atom stereocenters. The van der Waals surface area contributed by atoms with Crippen LogP contribution in [-0.2, 0) is 9.59 Å². The van der Waals surface area contributed by atoms with Gasteiger partial charge in [-0.25, -0.2) is 9.59 Å². The topological polar surface area (TPSA) is 133 Å².